The number of urea groups is 1. The zero-order chi connectivity index (χ0) is 17.3. The fourth-order valence-corrected chi connectivity index (χ4v) is 2.95. The van der Waals surface area contributed by atoms with Gasteiger partial charge < -0.3 is 5.32 Å². The highest BCUT2D eigenvalue weighted by Gasteiger charge is 2.16. The van der Waals surface area contributed by atoms with E-state index in [2.05, 4.69) is 25.9 Å². The molecule has 0 bridgehead atoms. The molecule has 0 aliphatic carbocycles. The highest BCUT2D eigenvalue weighted by atomic mass is 32.2. The SMILES string of the molecule is Cc1nn(C)c2n[nH]c(NC(=O)Nc3ccccc3SC(F)F)c12. The van der Waals surface area contributed by atoms with E-state index in [-0.39, 0.29) is 4.90 Å². The predicted octanol–water partition coefficient (Wildman–Crippen LogP) is 3.56. The van der Waals surface area contributed by atoms with Crippen LogP contribution in [-0.2, 0) is 7.05 Å². The number of carbonyl (C=O) groups excluding carboxylic acids is 1. The van der Waals surface area contributed by atoms with Crippen LogP contribution in [0.25, 0.3) is 11.0 Å². The Balaban J connectivity index is 1.78. The van der Waals surface area contributed by atoms with Gasteiger partial charge in [-0.1, -0.05) is 23.9 Å². The maximum Gasteiger partial charge on any atom is 0.324 e. The normalized spacial score (nSPS) is 11.2. The van der Waals surface area contributed by atoms with Gasteiger partial charge in [0.15, 0.2) is 5.65 Å². The van der Waals surface area contributed by atoms with Crippen LogP contribution in [0.15, 0.2) is 29.2 Å². The molecule has 2 amide bonds. The molecular weight excluding hydrogens is 338 g/mol. The third kappa shape index (κ3) is 3.18. The average Bonchev–Trinajstić information content (AvgIpc) is 3.03. The van der Waals surface area contributed by atoms with E-state index < -0.39 is 11.8 Å². The molecule has 0 saturated carbocycles. The maximum absolute atomic E-state index is 12.6. The standard InChI is InChI=1S/C14H14F2N6OS/c1-7-10-11(19-20-12(10)22(2)21-7)18-14(23)17-8-5-3-4-6-9(8)24-13(15)16/h3-6,13H,1-2H3,(H3,17,18,19,20,23). The number of fused-ring (bicyclic) bond motifs is 1. The largest absolute Gasteiger partial charge is 0.324 e. The molecule has 2 aromatic heterocycles. The van der Waals surface area contributed by atoms with Crippen LogP contribution in [0.1, 0.15) is 5.69 Å². The van der Waals surface area contributed by atoms with Gasteiger partial charge in [-0.05, 0) is 19.1 Å². The summed E-state index contributed by atoms with van der Waals surface area (Å²) in [5, 5.41) is 16.9. The highest BCUT2D eigenvalue weighted by Crippen LogP contribution is 2.31. The Kier molecular flexibility index (Phi) is 4.38. The molecular formula is C14H14F2N6OS. The van der Waals surface area contributed by atoms with Crippen molar-refractivity contribution in [2.75, 3.05) is 10.6 Å². The van der Waals surface area contributed by atoms with Crippen molar-refractivity contribution in [3.63, 3.8) is 0 Å². The number of para-hydroxylation sites is 1. The second-order valence-corrected chi connectivity index (χ2v) is 5.99. The molecule has 7 nitrogen and oxygen atoms in total. The number of aromatic amines is 1. The van der Waals surface area contributed by atoms with E-state index >= 15 is 0 Å². The van der Waals surface area contributed by atoms with Gasteiger partial charge in [-0.2, -0.15) is 19.0 Å². The summed E-state index contributed by atoms with van der Waals surface area (Å²) in [5.41, 5.74) is 1.63. The van der Waals surface area contributed by atoms with Crippen LogP contribution < -0.4 is 10.6 Å². The van der Waals surface area contributed by atoms with Crippen LogP contribution in [-0.4, -0.2) is 31.8 Å². The lowest BCUT2D eigenvalue weighted by atomic mass is 10.3. The first-order valence-corrected chi connectivity index (χ1v) is 7.83. The molecule has 0 spiro atoms. The first-order valence-electron chi connectivity index (χ1n) is 6.95. The van der Waals surface area contributed by atoms with Gasteiger partial charge in [-0.25, -0.2) is 9.48 Å². The Bertz CT molecular complexity index is 891. The summed E-state index contributed by atoms with van der Waals surface area (Å²) >= 11 is 0.374. The van der Waals surface area contributed by atoms with E-state index in [4.69, 9.17) is 0 Å². The van der Waals surface area contributed by atoms with E-state index in [0.29, 0.717) is 40.0 Å². The van der Waals surface area contributed by atoms with Gasteiger partial charge in [0.25, 0.3) is 5.76 Å². The van der Waals surface area contributed by atoms with Gasteiger partial charge in [0.1, 0.15) is 5.82 Å². The van der Waals surface area contributed by atoms with E-state index in [1.807, 2.05) is 0 Å². The quantitative estimate of drug-likeness (QED) is 0.627. The van der Waals surface area contributed by atoms with Crippen molar-refractivity contribution in [3.05, 3.63) is 30.0 Å². The third-order valence-electron chi connectivity index (χ3n) is 3.31. The average molecular weight is 352 g/mol. The third-order valence-corrected chi connectivity index (χ3v) is 4.09. The smallest absolute Gasteiger partial charge is 0.307 e. The molecule has 0 atom stereocenters. The topological polar surface area (TPSA) is 87.6 Å². The number of carbonyl (C=O) groups is 1. The van der Waals surface area contributed by atoms with Crippen LogP contribution >= 0.6 is 11.8 Å². The monoisotopic (exact) mass is 352 g/mol. The van der Waals surface area contributed by atoms with Gasteiger partial charge in [-0.3, -0.25) is 10.4 Å². The van der Waals surface area contributed by atoms with Crippen molar-refractivity contribution in [3.8, 4) is 0 Å². The number of H-pyrrole nitrogens is 1. The van der Waals surface area contributed by atoms with Crippen LogP contribution in [0, 0.1) is 6.92 Å². The molecule has 0 unspecified atom stereocenters. The molecule has 126 valence electrons. The number of aromatic nitrogens is 4. The van der Waals surface area contributed by atoms with Gasteiger partial charge in [0, 0.05) is 11.9 Å². The van der Waals surface area contributed by atoms with Crippen LogP contribution in [0.5, 0.6) is 0 Å². The van der Waals surface area contributed by atoms with Crippen LogP contribution in [0.2, 0.25) is 0 Å². The lowest BCUT2D eigenvalue weighted by Crippen LogP contribution is -2.20. The molecule has 24 heavy (non-hydrogen) atoms. The number of aryl methyl sites for hydroxylation is 2. The zero-order valence-corrected chi connectivity index (χ0v) is 13.6. The van der Waals surface area contributed by atoms with E-state index in [1.165, 1.54) is 6.07 Å². The predicted molar refractivity (Wildman–Crippen MR) is 88.5 cm³/mol. The molecule has 3 aromatic rings. The maximum atomic E-state index is 12.6. The van der Waals surface area contributed by atoms with Gasteiger partial charge in [-0.15, -0.1) is 0 Å². The van der Waals surface area contributed by atoms with E-state index in [9.17, 15) is 13.6 Å². The molecule has 3 N–H and O–H groups in total. The second kappa shape index (κ2) is 6.48. The van der Waals surface area contributed by atoms with Crippen LogP contribution in [0.3, 0.4) is 0 Å². The molecule has 3 rings (SSSR count). The summed E-state index contributed by atoms with van der Waals surface area (Å²) in [4.78, 5) is 12.5. The molecule has 0 saturated heterocycles. The number of thioether (sulfide) groups is 1. The molecule has 2 heterocycles. The Labute approximate surface area is 139 Å². The van der Waals surface area contributed by atoms with Gasteiger partial charge >= 0.3 is 6.03 Å². The fourth-order valence-electron chi connectivity index (χ4n) is 2.36. The minimum absolute atomic E-state index is 0.287. The first kappa shape index (κ1) is 16.2. The Morgan fingerprint density at radius 1 is 1.33 bits per heavy atom. The fraction of sp³-hybridized carbons (Fsp3) is 0.214. The van der Waals surface area contributed by atoms with E-state index in [0.717, 1.165) is 0 Å². The number of hydrogen-bond donors (Lipinski definition) is 3. The highest BCUT2D eigenvalue weighted by molar-refractivity contribution is 7.99. The second-order valence-electron chi connectivity index (χ2n) is 4.96. The number of rotatable bonds is 4. The van der Waals surface area contributed by atoms with Gasteiger partial charge in [0.2, 0.25) is 0 Å². The zero-order valence-electron chi connectivity index (χ0n) is 12.8. The summed E-state index contributed by atoms with van der Waals surface area (Å²) in [6, 6.07) is 5.80. The Morgan fingerprint density at radius 2 is 2.08 bits per heavy atom. The van der Waals surface area contributed by atoms with Crippen molar-refractivity contribution >= 4 is 40.3 Å². The van der Waals surface area contributed by atoms with Crippen molar-refractivity contribution < 1.29 is 13.6 Å². The molecule has 1 aromatic carbocycles. The minimum Gasteiger partial charge on any atom is -0.307 e. The lowest BCUT2D eigenvalue weighted by molar-refractivity contribution is 0.252. The summed E-state index contributed by atoms with van der Waals surface area (Å²) in [5.74, 6) is -2.17. The summed E-state index contributed by atoms with van der Waals surface area (Å²) < 4.78 is 26.7. The van der Waals surface area contributed by atoms with Crippen molar-refractivity contribution in [1.82, 2.24) is 20.0 Å². The van der Waals surface area contributed by atoms with Gasteiger partial charge in [0.05, 0.1) is 16.8 Å². The lowest BCUT2D eigenvalue weighted by Gasteiger charge is -2.10. The summed E-state index contributed by atoms with van der Waals surface area (Å²) in [7, 11) is 1.75. The number of nitrogens with zero attached hydrogens (tertiary/aromatic N) is 3. The number of alkyl halides is 2. The number of anilines is 2. The summed E-state index contributed by atoms with van der Waals surface area (Å²) in [6.07, 6.45) is 0. The van der Waals surface area contributed by atoms with Crippen molar-refractivity contribution in [2.24, 2.45) is 7.05 Å². The molecule has 0 fully saturated rings. The Morgan fingerprint density at radius 3 is 2.83 bits per heavy atom. The molecule has 0 aliphatic rings. The summed E-state index contributed by atoms with van der Waals surface area (Å²) in [6.45, 7) is 1.80. The molecule has 0 radical (unpaired) electrons. The number of amides is 2. The van der Waals surface area contributed by atoms with Crippen molar-refractivity contribution in [2.45, 2.75) is 17.6 Å². The molecule has 10 heteroatoms. The first-order chi connectivity index (χ1) is 11.5. The van der Waals surface area contributed by atoms with Crippen molar-refractivity contribution in [1.29, 1.82) is 0 Å². The Hall–Kier alpha value is -2.62. The minimum atomic E-state index is -2.57. The number of hydrogen-bond acceptors (Lipinski definition) is 4. The number of benzene rings is 1. The number of nitrogens with one attached hydrogen (secondary N) is 3. The van der Waals surface area contributed by atoms with Crippen LogP contribution in [0.4, 0.5) is 25.1 Å². The molecule has 0 aliphatic heterocycles. The number of halogens is 2. The van der Waals surface area contributed by atoms with E-state index in [1.54, 1.807) is 36.9 Å².